The summed E-state index contributed by atoms with van der Waals surface area (Å²) in [4.78, 5) is 29.7. The Morgan fingerprint density at radius 3 is 2.47 bits per heavy atom. The lowest BCUT2D eigenvalue weighted by atomic mass is 9.94. The second-order valence-corrected chi connectivity index (χ2v) is 8.49. The van der Waals surface area contributed by atoms with Crippen LogP contribution in [0.5, 0.6) is 17.2 Å². The highest BCUT2D eigenvalue weighted by atomic mass is 16.5. The molecule has 1 heterocycles. The molecule has 1 fully saturated rings. The monoisotopic (exact) mass is 468 g/mol. The number of rotatable bonds is 9. The Balaban J connectivity index is 2.15. The van der Waals surface area contributed by atoms with Crippen molar-refractivity contribution < 1.29 is 29.3 Å². The molecule has 0 spiro atoms. The summed E-state index contributed by atoms with van der Waals surface area (Å²) >= 11 is 0. The SMILES string of the molecule is CCOc1cc([C@H]2/C(=C(\O)c3ccc(OC)c(C)c3)C(=O)C(=O)N2CCCN(C)C)ccc1O. The van der Waals surface area contributed by atoms with Gasteiger partial charge in [0, 0.05) is 12.1 Å². The number of phenols is 1. The molecule has 1 aliphatic rings. The zero-order chi connectivity index (χ0) is 25.0. The zero-order valence-corrected chi connectivity index (χ0v) is 20.3. The second kappa shape index (κ2) is 10.6. The van der Waals surface area contributed by atoms with E-state index in [1.165, 1.54) is 11.0 Å². The molecule has 2 aromatic rings. The molecule has 1 amide bonds. The molecule has 0 aromatic heterocycles. The van der Waals surface area contributed by atoms with Gasteiger partial charge in [0.05, 0.1) is 25.3 Å². The third-order valence-electron chi connectivity index (χ3n) is 5.81. The Morgan fingerprint density at radius 2 is 1.85 bits per heavy atom. The fraction of sp³-hybridized carbons (Fsp3) is 0.385. The van der Waals surface area contributed by atoms with Crippen molar-refractivity contribution in [3.63, 3.8) is 0 Å². The van der Waals surface area contributed by atoms with Crippen LogP contribution in [0.4, 0.5) is 0 Å². The number of Topliss-reactive ketones (excluding diaryl/α,β-unsaturated/α-hetero) is 1. The Bertz CT molecular complexity index is 1110. The van der Waals surface area contributed by atoms with Gasteiger partial charge in [0.1, 0.15) is 11.5 Å². The van der Waals surface area contributed by atoms with E-state index in [0.717, 1.165) is 12.1 Å². The van der Waals surface area contributed by atoms with Gasteiger partial charge >= 0.3 is 0 Å². The Labute approximate surface area is 200 Å². The number of phenolic OH excluding ortho intramolecular Hbond substituents is 1. The van der Waals surface area contributed by atoms with Crippen molar-refractivity contribution in [3.05, 3.63) is 58.7 Å². The van der Waals surface area contributed by atoms with Crippen LogP contribution in [0.1, 0.15) is 36.1 Å². The number of aromatic hydroxyl groups is 1. The molecule has 8 nitrogen and oxygen atoms in total. The zero-order valence-electron chi connectivity index (χ0n) is 20.3. The Kier molecular flexibility index (Phi) is 7.83. The van der Waals surface area contributed by atoms with Crippen LogP contribution in [0.25, 0.3) is 5.76 Å². The van der Waals surface area contributed by atoms with Crippen LogP contribution in [0.15, 0.2) is 42.0 Å². The van der Waals surface area contributed by atoms with Crippen LogP contribution >= 0.6 is 0 Å². The fourth-order valence-corrected chi connectivity index (χ4v) is 4.17. The number of aliphatic hydroxyl groups excluding tert-OH is 1. The van der Waals surface area contributed by atoms with Gasteiger partial charge in [0.15, 0.2) is 11.5 Å². The van der Waals surface area contributed by atoms with E-state index >= 15 is 0 Å². The third-order valence-corrected chi connectivity index (χ3v) is 5.81. The maximum absolute atomic E-state index is 13.2. The minimum atomic E-state index is -0.815. The van der Waals surface area contributed by atoms with Gasteiger partial charge < -0.3 is 29.5 Å². The number of nitrogens with zero attached hydrogens (tertiary/aromatic N) is 2. The maximum atomic E-state index is 13.2. The molecular formula is C26H32N2O6. The number of amides is 1. The van der Waals surface area contributed by atoms with Crippen molar-refractivity contribution in [2.45, 2.75) is 26.3 Å². The first-order valence-electron chi connectivity index (χ1n) is 11.2. The highest BCUT2D eigenvalue weighted by molar-refractivity contribution is 6.46. The first-order valence-corrected chi connectivity index (χ1v) is 11.2. The molecule has 2 aromatic carbocycles. The number of ketones is 1. The lowest BCUT2D eigenvalue weighted by molar-refractivity contribution is -0.139. The average molecular weight is 469 g/mol. The van der Waals surface area contributed by atoms with Gasteiger partial charge in [0.25, 0.3) is 11.7 Å². The topological polar surface area (TPSA) is 99.5 Å². The lowest BCUT2D eigenvalue weighted by Gasteiger charge is -2.26. The normalized spacial score (nSPS) is 17.5. The van der Waals surface area contributed by atoms with Gasteiger partial charge in [-0.25, -0.2) is 0 Å². The molecular weight excluding hydrogens is 436 g/mol. The number of ether oxygens (including phenoxy) is 2. The number of benzene rings is 2. The van der Waals surface area contributed by atoms with E-state index in [1.54, 1.807) is 44.4 Å². The summed E-state index contributed by atoms with van der Waals surface area (Å²) in [6.45, 7) is 5.03. The number of carbonyl (C=O) groups is 2. The molecule has 182 valence electrons. The third kappa shape index (κ3) is 5.02. The largest absolute Gasteiger partial charge is 0.507 e. The fourth-order valence-electron chi connectivity index (χ4n) is 4.17. The summed E-state index contributed by atoms with van der Waals surface area (Å²) in [7, 11) is 5.43. The summed E-state index contributed by atoms with van der Waals surface area (Å²) in [5.74, 6) is -0.805. The summed E-state index contributed by atoms with van der Waals surface area (Å²) < 4.78 is 10.8. The number of likely N-dealkylation sites (tertiary alicyclic amines) is 1. The summed E-state index contributed by atoms with van der Waals surface area (Å²) in [5.41, 5.74) is 1.77. The highest BCUT2D eigenvalue weighted by Gasteiger charge is 2.46. The number of aryl methyl sites for hydroxylation is 1. The van der Waals surface area contributed by atoms with Gasteiger partial charge in [-0.1, -0.05) is 6.07 Å². The molecule has 8 heteroatoms. The minimum Gasteiger partial charge on any atom is -0.507 e. The van der Waals surface area contributed by atoms with Gasteiger partial charge in [-0.3, -0.25) is 9.59 Å². The van der Waals surface area contributed by atoms with E-state index in [-0.39, 0.29) is 22.8 Å². The standard InChI is InChI=1S/C26H32N2O6/c1-6-34-21-15-17(8-10-19(21)29)23-22(24(30)18-9-11-20(33-5)16(2)14-18)25(31)26(32)28(23)13-7-12-27(3)4/h8-11,14-15,23,29-30H,6-7,12-13H2,1-5H3/b24-22+/t23-/m0/s1. The molecule has 2 N–H and O–H groups in total. The number of aliphatic hydroxyl groups is 1. The van der Waals surface area contributed by atoms with Gasteiger partial charge in [-0.2, -0.15) is 0 Å². The van der Waals surface area contributed by atoms with Crippen molar-refractivity contribution >= 4 is 17.4 Å². The van der Waals surface area contributed by atoms with Crippen LogP contribution in [0.2, 0.25) is 0 Å². The predicted octanol–water partition coefficient (Wildman–Crippen LogP) is 3.48. The molecule has 3 rings (SSSR count). The number of carbonyl (C=O) groups excluding carboxylic acids is 2. The molecule has 1 saturated heterocycles. The number of hydrogen-bond acceptors (Lipinski definition) is 7. The van der Waals surface area contributed by atoms with E-state index in [4.69, 9.17) is 9.47 Å². The van der Waals surface area contributed by atoms with Crippen molar-refractivity contribution in [2.24, 2.45) is 0 Å². The van der Waals surface area contributed by atoms with E-state index in [0.29, 0.717) is 36.4 Å². The lowest BCUT2D eigenvalue weighted by Crippen LogP contribution is -2.32. The highest BCUT2D eigenvalue weighted by Crippen LogP contribution is 2.42. The average Bonchev–Trinajstić information content (AvgIpc) is 3.05. The molecule has 0 unspecified atom stereocenters. The molecule has 0 bridgehead atoms. The van der Waals surface area contributed by atoms with Crippen LogP contribution in [0.3, 0.4) is 0 Å². The van der Waals surface area contributed by atoms with E-state index in [9.17, 15) is 19.8 Å². The molecule has 0 radical (unpaired) electrons. The molecule has 1 atom stereocenters. The van der Waals surface area contributed by atoms with E-state index in [2.05, 4.69) is 0 Å². The molecule has 0 saturated carbocycles. The van der Waals surface area contributed by atoms with Crippen molar-refractivity contribution in [2.75, 3.05) is 40.9 Å². The quantitative estimate of drug-likeness (QED) is 0.330. The van der Waals surface area contributed by atoms with Crippen molar-refractivity contribution in [1.29, 1.82) is 0 Å². The van der Waals surface area contributed by atoms with Crippen LogP contribution in [0, 0.1) is 6.92 Å². The molecule has 1 aliphatic heterocycles. The van der Waals surface area contributed by atoms with Crippen LogP contribution < -0.4 is 9.47 Å². The summed E-state index contributed by atoms with van der Waals surface area (Å²) in [6, 6.07) is 8.98. The van der Waals surface area contributed by atoms with E-state index in [1.807, 2.05) is 25.9 Å². The minimum absolute atomic E-state index is 0.00700. The van der Waals surface area contributed by atoms with Gasteiger partial charge in [0.2, 0.25) is 0 Å². The smallest absolute Gasteiger partial charge is 0.295 e. The maximum Gasteiger partial charge on any atom is 0.295 e. The number of hydrogen-bond donors (Lipinski definition) is 2. The Hall–Kier alpha value is -3.52. The molecule has 34 heavy (non-hydrogen) atoms. The predicted molar refractivity (Wildman–Crippen MR) is 129 cm³/mol. The van der Waals surface area contributed by atoms with Crippen molar-refractivity contribution in [1.82, 2.24) is 9.80 Å². The van der Waals surface area contributed by atoms with Crippen molar-refractivity contribution in [3.8, 4) is 17.2 Å². The summed E-state index contributed by atoms with van der Waals surface area (Å²) in [6.07, 6.45) is 0.647. The summed E-state index contributed by atoms with van der Waals surface area (Å²) in [5, 5.41) is 21.4. The number of methoxy groups -OCH3 is 1. The van der Waals surface area contributed by atoms with E-state index < -0.39 is 17.7 Å². The van der Waals surface area contributed by atoms with Crippen LogP contribution in [-0.4, -0.2) is 72.6 Å². The molecule has 0 aliphatic carbocycles. The first-order chi connectivity index (χ1) is 16.2. The second-order valence-electron chi connectivity index (χ2n) is 8.49. The first kappa shape index (κ1) is 25.1. The van der Waals surface area contributed by atoms with Gasteiger partial charge in [-0.05, 0) is 82.4 Å². The van der Waals surface area contributed by atoms with Gasteiger partial charge in [-0.15, -0.1) is 0 Å². The van der Waals surface area contributed by atoms with Crippen LogP contribution in [-0.2, 0) is 9.59 Å². The Morgan fingerprint density at radius 1 is 1.12 bits per heavy atom.